The fourth-order valence-corrected chi connectivity index (χ4v) is 3.24. The number of ketones is 1. The number of aromatic nitrogens is 1. The molecule has 0 spiro atoms. The molecule has 0 aliphatic carbocycles. The number of fused-ring (bicyclic) bond motifs is 1. The SMILES string of the molecule is C[C@@H]1CCCN([C@@H](C)C(=O)c2c[nH]c3ccccc23)C1. The first kappa shape index (κ1) is 13.4. The molecule has 1 aromatic heterocycles. The molecule has 1 aliphatic rings. The summed E-state index contributed by atoms with van der Waals surface area (Å²) in [6.45, 7) is 6.39. The standard InChI is InChI=1S/C17H22N2O/c1-12-6-5-9-19(11-12)13(2)17(20)15-10-18-16-8-4-3-7-14(15)16/h3-4,7-8,10,12-13,18H,5-6,9,11H2,1-2H3/t12-,13+/m1/s1. The molecule has 3 heteroatoms. The van der Waals surface area contributed by atoms with Gasteiger partial charge in [-0.2, -0.15) is 0 Å². The van der Waals surface area contributed by atoms with E-state index in [4.69, 9.17) is 0 Å². The van der Waals surface area contributed by atoms with Crippen molar-refractivity contribution in [2.24, 2.45) is 5.92 Å². The maximum atomic E-state index is 12.8. The Hall–Kier alpha value is -1.61. The summed E-state index contributed by atoms with van der Waals surface area (Å²) < 4.78 is 0. The van der Waals surface area contributed by atoms with Crippen LogP contribution in [0.1, 0.15) is 37.0 Å². The van der Waals surface area contributed by atoms with E-state index in [0.717, 1.165) is 29.6 Å². The highest BCUT2D eigenvalue weighted by molar-refractivity contribution is 6.10. The van der Waals surface area contributed by atoms with Crippen molar-refractivity contribution in [1.29, 1.82) is 0 Å². The van der Waals surface area contributed by atoms with Gasteiger partial charge >= 0.3 is 0 Å². The second-order valence-corrected chi connectivity index (χ2v) is 6.03. The normalized spacial score (nSPS) is 22.0. The van der Waals surface area contributed by atoms with Crippen LogP contribution in [0.2, 0.25) is 0 Å². The largest absolute Gasteiger partial charge is 0.360 e. The molecule has 0 bridgehead atoms. The van der Waals surface area contributed by atoms with Gasteiger partial charge in [-0.1, -0.05) is 25.1 Å². The summed E-state index contributed by atoms with van der Waals surface area (Å²) in [4.78, 5) is 18.3. The van der Waals surface area contributed by atoms with E-state index in [1.807, 2.05) is 37.4 Å². The number of benzene rings is 1. The summed E-state index contributed by atoms with van der Waals surface area (Å²) in [5.74, 6) is 0.929. The third-order valence-corrected chi connectivity index (χ3v) is 4.47. The topological polar surface area (TPSA) is 36.1 Å². The Morgan fingerprint density at radius 2 is 2.20 bits per heavy atom. The Balaban J connectivity index is 1.84. The van der Waals surface area contributed by atoms with Crippen LogP contribution in [0.3, 0.4) is 0 Å². The van der Waals surface area contributed by atoms with Crippen LogP contribution in [0.15, 0.2) is 30.5 Å². The van der Waals surface area contributed by atoms with Gasteiger partial charge in [0.15, 0.2) is 5.78 Å². The van der Waals surface area contributed by atoms with Crippen LogP contribution < -0.4 is 0 Å². The number of hydrogen-bond donors (Lipinski definition) is 1. The summed E-state index contributed by atoms with van der Waals surface area (Å²) in [6.07, 6.45) is 4.34. The summed E-state index contributed by atoms with van der Waals surface area (Å²) in [5, 5.41) is 1.04. The monoisotopic (exact) mass is 270 g/mol. The van der Waals surface area contributed by atoms with Crippen molar-refractivity contribution in [3.63, 3.8) is 0 Å². The number of piperidine rings is 1. The molecule has 1 aromatic carbocycles. The molecular formula is C17H22N2O. The van der Waals surface area contributed by atoms with Crippen LogP contribution in [0.5, 0.6) is 0 Å². The third kappa shape index (κ3) is 2.38. The number of hydrogen-bond acceptors (Lipinski definition) is 2. The maximum Gasteiger partial charge on any atom is 0.181 e. The summed E-state index contributed by atoms with van der Waals surface area (Å²) >= 11 is 0. The Bertz CT molecular complexity index is 616. The lowest BCUT2D eigenvalue weighted by Gasteiger charge is -2.34. The predicted molar refractivity (Wildman–Crippen MR) is 82.1 cm³/mol. The molecule has 2 heterocycles. The Labute approximate surface area is 120 Å². The van der Waals surface area contributed by atoms with Gasteiger partial charge in [0, 0.05) is 29.2 Å². The molecule has 0 saturated carbocycles. The summed E-state index contributed by atoms with van der Waals surface area (Å²) in [7, 11) is 0. The van der Waals surface area contributed by atoms with Gasteiger partial charge in [-0.25, -0.2) is 0 Å². The van der Waals surface area contributed by atoms with Gasteiger partial charge in [-0.15, -0.1) is 0 Å². The molecule has 1 fully saturated rings. The van der Waals surface area contributed by atoms with E-state index in [1.54, 1.807) is 0 Å². The minimum atomic E-state index is -0.0306. The minimum absolute atomic E-state index is 0.0306. The number of carbonyl (C=O) groups is 1. The highest BCUT2D eigenvalue weighted by Crippen LogP contribution is 2.23. The fraction of sp³-hybridized carbons (Fsp3) is 0.471. The number of nitrogens with zero attached hydrogens (tertiary/aromatic N) is 1. The number of Topliss-reactive ketones (excluding diaryl/α,β-unsaturated/α-hetero) is 1. The van der Waals surface area contributed by atoms with E-state index in [1.165, 1.54) is 12.8 Å². The first-order valence-electron chi connectivity index (χ1n) is 7.51. The molecule has 1 aliphatic heterocycles. The van der Waals surface area contributed by atoms with Crippen molar-refractivity contribution in [2.45, 2.75) is 32.7 Å². The van der Waals surface area contributed by atoms with Crippen molar-refractivity contribution >= 4 is 16.7 Å². The van der Waals surface area contributed by atoms with Crippen molar-refractivity contribution in [3.05, 3.63) is 36.0 Å². The van der Waals surface area contributed by atoms with Crippen LogP contribution in [0.25, 0.3) is 10.9 Å². The number of para-hydroxylation sites is 1. The van der Waals surface area contributed by atoms with Crippen molar-refractivity contribution in [1.82, 2.24) is 9.88 Å². The van der Waals surface area contributed by atoms with Crippen molar-refractivity contribution in [2.75, 3.05) is 13.1 Å². The number of likely N-dealkylation sites (tertiary alicyclic amines) is 1. The van der Waals surface area contributed by atoms with Gasteiger partial charge in [-0.3, -0.25) is 9.69 Å². The zero-order chi connectivity index (χ0) is 14.1. The molecule has 0 radical (unpaired) electrons. The molecular weight excluding hydrogens is 248 g/mol. The van der Waals surface area contributed by atoms with E-state index in [-0.39, 0.29) is 11.8 Å². The van der Waals surface area contributed by atoms with Crippen LogP contribution in [0, 0.1) is 5.92 Å². The molecule has 1 saturated heterocycles. The van der Waals surface area contributed by atoms with Gasteiger partial charge in [0.2, 0.25) is 0 Å². The molecule has 2 atom stereocenters. The van der Waals surface area contributed by atoms with Crippen LogP contribution in [0.4, 0.5) is 0 Å². The zero-order valence-electron chi connectivity index (χ0n) is 12.2. The zero-order valence-corrected chi connectivity index (χ0v) is 12.2. The molecule has 0 amide bonds. The van der Waals surface area contributed by atoms with Crippen LogP contribution in [-0.2, 0) is 0 Å². The summed E-state index contributed by atoms with van der Waals surface area (Å²) in [6, 6.07) is 7.98. The molecule has 0 unspecified atom stereocenters. The number of H-pyrrole nitrogens is 1. The van der Waals surface area contributed by atoms with Crippen LogP contribution >= 0.6 is 0 Å². The Morgan fingerprint density at radius 3 is 3.00 bits per heavy atom. The van der Waals surface area contributed by atoms with Crippen molar-refractivity contribution < 1.29 is 4.79 Å². The molecule has 106 valence electrons. The second-order valence-electron chi connectivity index (χ2n) is 6.03. The first-order valence-corrected chi connectivity index (χ1v) is 7.51. The minimum Gasteiger partial charge on any atom is -0.360 e. The summed E-state index contributed by atoms with van der Waals surface area (Å²) in [5.41, 5.74) is 1.86. The van der Waals surface area contributed by atoms with Crippen LogP contribution in [-0.4, -0.2) is 34.8 Å². The van der Waals surface area contributed by atoms with Gasteiger partial charge in [0.25, 0.3) is 0 Å². The highest BCUT2D eigenvalue weighted by Gasteiger charge is 2.27. The third-order valence-electron chi connectivity index (χ3n) is 4.47. The van der Waals surface area contributed by atoms with E-state index in [2.05, 4.69) is 16.8 Å². The predicted octanol–water partition coefficient (Wildman–Crippen LogP) is 3.47. The molecule has 1 N–H and O–H groups in total. The first-order chi connectivity index (χ1) is 9.66. The highest BCUT2D eigenvalue weighted by atomic mass is 16.1. The lowest BCUT2D eigenvalue weighted by Crippen LogP contribution is -2.44. The van der Waals surface area contributed by atoms with Crippen molar-refractivity contribution in [3.8, 4) is 0 Å². The number of aromatic amines is 1. The van der Waals surface area contributed by atoms with Gasteiger partial charge < -0.3 is 4.98 Å². The van der Waals surface area contributed by atoms with Gasteiger partial charge in [0.1, 0.15) is 0 Å². The van der Waals surface area contributed by atoms with E-state index in [0.29, 0.717) is 5.92 Å². The maximum absolute atomic E-state index is 12.8. The number of rotatable bonds is 3. The Morgan fingerprint density at radius 1 is 1.40 bits per heavy atom. The second kappa shape index (κ2) is 5.41. The number of carbonyl (C=O) groups excluding carboxylic acids is 1. The molecule has 3 rings (SSSR count). The van der Waals surface area contributed by atoms with E-state index < -0.39 is 0 Å². The smallest absolute Gasteiger partial charge is 0.181 e. The average molecular weight is 270 g/mol. The lowest BCUT2D eigenvalue weighted by atomic mass is 9.96. The molecule has 2 aromatic rings. The molecule has 3 nitrogen and oxygen atoms in total. The molecule has 20 heavy (non-hydrogen) atoms. The lowest BCUT2D eigenvalue weighted by molar-refractivity contribution is 0.0766. The van der Waals surface area contributed by atoms with E-state index in [9.17, 15) is 4.79 Å². The fourth-order valence-electron chi connectivity index (χ4n) is 3.24. The average Bonchev–Trinajstić information content (AvgIpc) is 2.89. The van der Waals surface area contributed by atoms with Gasteiger partial charge in [-0.05, 0) is 38.3 Å². The van der Waals surface area contributed by atoms with Gasteiger partial charge in [0.05, 0.1) is 6.04 Å². The quantitative estimate of drug-likeness (QED) is 0.867. The van der Waals surface area contributed by atoms with E-state index >= 15 is 0 Å². The Kier molecular flexibility index (Phi) is 3.62. The number of nitrogens with one attached hydrogen (secondary N) is 1.